The zero-order chi connectivity index (χ0) is 13.8. The fourth-order valence-corrected chi connectivity index (χ4v) is 2.89. The molecule has 0 aliphatic heterocycles. The van der Waals surface area contributed by atoms with E-state index in [1.165, 1.54) is 16.7 Å². The van der Waals surface area contributed by atoms with Gasteiger partial charge in [-0.25, -0.2) is 0 Å². The molecule has 0 aromatic heterocycles. The molecule has 0 spiro atoms. The predicted octanol–water partition coefficient (Wildman–Crippen LogP) is 4.07. The summed E-state index contributed by atoms with van der Waals surface area (Å²) in [7, 11) is 3.66. The molecule has 100 valence electrons. The van der Waals surface area contributed by atoms with E-state index in [4.69, 9.17) is 4.74 Å². The summed E-state index contributed by atoms with van der Waals surface area (Å²) in [5.74, 6) is 0.876. The van der Waals surface area contributed by atoms with Crippen LogP contribution in [0.5, 0.6) is 5.75 Å². The molecule has 1 atom stereocenters. The number of ether oxygens (including phenoxy) is 1. The second kappa shape index (κ2) is 6.22. The fourth-order valence-electron chi connectivity index (χ4n) is 2.16. The van der Waals surface area contributed by atoms with Crippen LogP contribution in [0.2, 0.25) is 0 Å². The van der Waals surface area contributed by atoms with Crippen LogP contribution in [0.15, 0.2) is 46.9 Å². The Morgan fingerprint density at radius 1 is 1.11 bits per heavy atom. The Kier molecular flexibility index (Phi) is 4.61. The molecule has 2 rings (SSSR count). The lowest BCUT2D eigenvalue weighted by molar-refractivity contribution is 0.414. The minimum Gasteiger partial charge on any atom is -0.497 e. The number of halogens is 1. The molecule has 1 N–H and O–H groups in total. The molecule has 2 nitrogen and oxygen atoms in total. The van der Waals surface area contributed by atoms with Gasteiger partial charge in [0.15, 0.2) is 0 Å². The number of aryl methyl sites for hydroxylation is 1. The lowest BCUT2D eigenvalue weighted by Crippen LogP contribution is -2.18. The zero-order valence-corrected chi connectivity index (χ0v) is 13.0. The van der Waals surface area contributed by atoms with Crippen molar-refractivity contribution < 1.29 is 4.74 Å². The average molecular weight is 320 g/mol. The van der Waals surface area contributed by atoms with Crippen LogP contribution in [0, 0.1) is 6.92 Å². The summed E-state index contributed by atoms with van der Waals surface area (Å²) in [5.41, 5.74) is 3.70. The van der Waals surface area contributed by atoms with Gasteiger partial charge in [-0.15, -0.1) is 0 Å². The number of methoxy groups -OCH3 is 1. The molecule has 3 heteroatoms. The molecule has 2 aromatic carbocycles. The maximum absolute atomic E-state index is 5.20. The molecule has 0 amide bonds. The molecule has 1 unspecified atom stereocenters. The molecular formula is C16H18BrNO. The minimum atomic E-state index is 0.167. The molecule has 0 aliphatic rings. The van der Waals surface area contributed by atoms with E-state index in [1.54, 1.807) is 7.11 Å². The Morgan fingerprint density at radius 2 is 1.79 bits per heavy atom. The summed E-state index contributed by atoms with van der Waals surface area (Å²) in [6.07, 6.45) is 0. The minimum absolute atomic E-state index is 0.167. The molecule has 2 aromatic rings. The van der Waals surface area contributed by atoms with Crippen molar-refractivity contribution in [3.63, 3.8) is 0 Å². The summed E-state index contributed by atoms with van der Waals surface area (Å²) in [5, 5.41) is 3.36. The topological polar surface area (TPSA) is 21.3 Å². The summed E-state index contributed by atoms with van der Waals surface area (Å²) in [4.78, 5) is 0. The van der Waals surface area contributed by atoms with Crippen LogP contribution < -0.4 is 10.1 Å². The highest BCUT2D eigenvalue weighted by Gasteiger charge is 2.14. The lowest BCUT2D eigenvalue weighted by Gasteiger charge is -2.19. The smallest absolute Gasteiger partial charge is 0.118 e. The molecule has 0 fully saturated rings. The highest BCUT2D eigenvalue weighted by Crippen LogP contribution is 2.30. The molecule has 0 aliphatic carbocycles. The second-order valence-electron chi connectivity index (χ2n) is 4.52. The first-order valence-corrected chi connectivity index (χ1v) is 7.02. The van der Waals surface area contributed by atoms with Gasteiger partial charge < -0.3 is 10.1 Å². The Labute approximate surface area is 122 Å². The Hall–Kier alpha value is -1.32. The first kappa shape index (κ1) is 14.1. The molecule has 0 radical (unpaired) electrons. The number of hydrogen-bond donors (Lipinski definition) is 1. The van der Waals surface area contributed by atoms with Gasteiger partial charge in [-0.2, -0.15) is 0 Å². The SMILES string of the molecule is CNC(c1ccc(OC)cc1)c1ccc(C)cc1Br. The Balaban J connectivity index is 2.37. The molecule has 19 heavy (non-hydrogen) atoms. The predicted molar refractivity (Wildman–Crippen MR) is 82.8 cm³/mol. The van der Waals surface area contributed by atoms with Gasteiger partial charge in [0.25, 0.3) is 0 Å². The van der Waals surface area contributed by atoms with Crippen LogP contribution >= 0.6 is 15.9 Å². The number of nitrogens with one attached hydrogen (secondary N) is 1. The molecule has 0 saturated carbocycles. The number of benzene rings is 2. The second-order valence-corrected chi connectivity index (χ2v) is 5.37. The van der Waals surface area contributed by atoms with E-state index in [9.17, 15) is 0 Å². The van der Waals surface area contributed by atoms with E-state index in [0.29, 0.717) is 0 Å². The fraction of sp³-hybridized carbons (Fsp3) is 0.250. The van der Waals surface area contributed by atoms with E-state index < -0.39 is 0 Å². The highest BCUT2D eigenvalue weighted by atomic mass is 79.9. The van der Waals surface area contributed by atoms with Gasteiger partial charge >= 0.3 is 0 Å². The third-order valence-electron chi connectivity index (χ3n) is 3.20. The van der Waals surface area contributed by atoms with Crippen molar-refractivity contribution in [1.82, 2.24) is 5.32 Å². The first-order chi connectivity index (χ1) is 9.15. The van der Waals surface area contributed by atoms with Crippen LogP contribution in [0.25, 0.3) is 0 Å². The van der Waals surface area contributed by atoms with Crippen molar-refractivity contribution >= 4 is 15.9 Å². The summed E-state index contributed by atoms with van der Waals surface area (Å²) in [6, 6.07) is 14.8. The first-order valence-electron chi connectivity index (χ1n) is 6.23. The van der Waals surface area contributed by atoms with Crippen LogP contribution in [0.4, 0.5) is 0 Å². The van der Waals surface area contributed by atoms with Crippen molar-refractivity contribution in [3.05, 3.63) is 63.6 Å². The van der Waals surface area contributed by atoms with Gasteiger partial charge in [-0.3, -0.25) is 0 Å². The summed E-state index contributed by atoms with van der Waals surface area (Å²) >= 11 is 3.65. The summed E-state index contributed by atoms with van der Waals surface area (Å²) < 4.78 is 6.33. The van der Waals surface area contributed by atoms with Crippen LogP contribution in [-0.4, -0.2) is 14.2 Å². The Bertz CT molecular complexity index is 551. The van der Waals surface area contributed by atoms with Gasteiger partial charge in [-0.1, -0.05) is 40.2 Å². The van der Waals surface area contributed by atoms with Crippen molar-refractivity contribution in [2.45, 2.75) is 13.0 Å². The zero-order valence-electron chi connectivity index (χ0n) is 11.4. The van der Waals surface area contributed by atoms with Crippen LogP contribution in [-0.2, 0) is 0 Å². The quantitative estimate of drug-likeness (QED) is 0.917. The maximum Gasteiger partial charge on any atom is 0.118 e. The Morgan fingerprint density at radius 3 is 2.32 bits per heavy atom. The van der Waals surface area contributed by atoms with Gasteiger partial charge in [-0.05, 0) is 48.9 Å². The standard InChI is InChI=1S/C16H18BrNO/c1-11-4-9-14(15(17)10-11)16(18-2)12-5-7-13(19-3)8-6-12/h4-10,16,18H,1-3H3. The lowest BCUT2D eigenvalue weighted by atomic mass is 9.98. The van der Waals surface area contributed by atoms with E-state index in [0.717, 1.165) is 10.2 Å². The number of rotatable bonds is 4. The third kappa shape index (κ3) is 3.17. The van der Waals surface area contributed by atoms with E-state index >= 15 is 0 Å². The van der Waals surface area contributed by atoms with Crippen molar-refractivity contribution in [3.8, 4) is 5.75 Å². The van der Waals surface area contributed by atoms with E-state index in [-0.39, 0.29) is 6.04 Å². The van der Waals surface area contributed by atoms with Gasteiger partial charge in [0.1, 0.15) is 5.75 Å². The van der Waals surface area contributed by atoms with Gasteiger partial charge in [0.05, 0.1) is 13.2 Å². The largest absolute Gasteiger partial charge is 0.497 e. The van der Waals surface area contributed by atoms with E-state index in [1.807, 2.05) is 19.2 Å². The molecule has 0 bridgehead atoms. The van der Waals surface area contributed by atoms with Crippen molar-refractivity contribution in [1.29, 1.82) is 0 Å². The molecular weight excluding hydrogens is 302 g/mol. The van der Waals surface area contributed by atoms with Gasteiger partial charge in [0.2, 0.25) is 0 Å². The highest BCUT2D eigenvalue weighted by molar-refractivity contribution is 9.10. The molecule has 0 saturated heterocycles. The van der Waals surface area contributed by atoms with Crippen molar-refractivity contribution in [2.24, 2.45) is 0 Å². The summed E-state index contributed by atoms with van der Waals surface area (Å²) in [6.45, 7) is 2.09. The number of hydrogen-bond acceptors (Lipinski definition) is 2. The molecule has 0 heterocycles. The van der Waals surface area contributed by atoms with Crippen LogP contribution in [0.3, 0.4) is 0 Å². The monoisotopic (exact) mass is 319 g/mol. The van der Waals surface area contributed by atoms with Gasteiger partial charge in [0, 0.05) is 4.47 Å². The normalized spacial score (nSPS) is 12.2. The average Bonchev–Trinajstić information content (AvgIpc) is 2.42. The third-order valence-corrected chi connectivity index (χ3v) is 3.89. The maximum atomic E-state index is 5.20. The van der Waals surface area contributed by atoms with Crippen molar-refractivity contribution in [2.75, 3.05) is 14.2 Å². The van der Waals surface area contributed by atoms with Crippen LogP contribution in [0.1, 0.15) is 22.7 Å². The van der Waals surface area contributed by atoms with E-state index in [2.05, 4.69) is 58.5 Å².